The minimum Gasteiger partial charge on any atom is -0.384 e. The molecule has 0 saturated carbocycles. The summed E-state index contributed by atoms with van der Waals surface area (Å²) in [6.45, 7) is 0. The number of para-hydroxylation sites is 1. The number of hydrogen-bond donors (Lipinski definition) is 1. The Morgan fingerprint density at radius 2 is 1.80 bits per heavy atom. The molecule has 1 aromatic heterocycles. The van der Waals surface area contributed by atoms with Gasteiger partial charge in [0.2, 0.25) is 0 Å². The Kier molecular flexibility index (Phi) is 3.28. The van der Waals surface area contributed by atoms with Gasteiger partial charge < -0.3 is 5.73 Å². The largest absolute Gasteiger partial charge is 0.384 e. The van der Waals surface area contributed by atoms with Crippen molar-refractivity contribution < 1.29 is 4.39 Å². The van der Waals surface area contributed by atoms with Crippen molar-refractivity contribution in [1.82, 2.24) is 9.78 Å². The molecule has 0 aliphatic heterocycles. The molecule has 0 amide bonds. The maximum Gasteiger partial charge on any atom is 0.127 e. The van der Waals surface area contributed by atoms with E-state index in [4.69, 9.17) is 5.73 Å². The quantitative estimate of drug-likeness (QED) is 0.770. The fourth-order valence-corrected chi connectivity index (χ4v) is 2.45. The monoisotopic (exact) mass is 331 g/mol. The lowest BCUT2D eigenvalue weighted by Gasteiger charge is -2.03. The molecule has 0 spiro atoms. The molecular formula is C15H11BrFN3. The van der Waals surface area contributed by atoms with Crippen molar-refractivity contribution in [2.24, 2.45) is 0 Å². The molecule has 0 bridgehead atoms. The number of aromatic nitrogens is 2. The SMILES string of the molecule is Nc1cc(-c2cc(F)ccc2Br)nn1-c1ccccc1. The van der Waals surface area contributed by atoms with Gasteiger partial charge in [-0.15, -0.1) is 0 Å². The highest BCUT2D eigenvalue weighted by Gasteiger charge is 2.12. The average molecular weight is 332 g/mol. The van der Waals surface area contributed by atoms with E-state index in [1.165, 1.54) is 12.1 Å². The van der Waals surface area contributed by atoms with Crippen LogP contribution in [-0.2, 0) is 0 Å². The summed E-state index contributed by atoms with van der Waals surface area (Å²) in [6.07, 6.45) is 0. The normalized spacial score (nSPS) is 10.7. The topological polar surface area (TPSA) is 43.8 Å². The van der Waals surface area contributed by atoms with E-state index in [9.17, 15) is 4.39 Å². The van der Waals surface area contributed by atoms with Gasteiger partial charge in [-0.1, -0.05) is 34.1 Å². The summed E-state index contributed by atoms with van der Waals surface area (Å²) >= 11 is 3.40. The Balaban J connectivity index is 2.11. The van der Waals surface area contributed by atoms with Gasteiger partial charge in [-0.3, -0.25) is 0 Å². The second-order valence-corrected chi connectivity index (χ2v) is 5.18. The highest BCUT2D eigenvalue weighted by Crippen LogP contribution is 2.30. The minimum absolute atomic E-state index is 0.309. The third-order valence-corrected chi connectivity index (χ3v) is 3.63. The summed E-state index contributed by atoms with van der Waals surface area (Å²) in [4.78, 5) is 0. The zero-order valence-electron chi connectivity index (χ0n) is 10.4. The summed E-state index contributed by atoms with van der Waals surface area (Å²) in [5.41, 5.74) is 8.15. The molecule has 3 nitrogen and oxygen atoms in total. The summed E-state index contributed by atoms with van der Waals surface area (Å²) < 4.78 is 15.8. The van der Waals surface area contributed by atoms with Gasteiger partial charge in [0.1, 0.15) is 11.6 Å². The van der Waals surface area contributed by atoms with Crippen molar-refractivity contribution in [3.05, 3.63) is 64.9 Å². The van der Waals surface area contributed by atoms with E-state index in [1.54, 1.807) is 16.8 Å². The maximum absolute atomic E-state index is 13.4. The van der Waals surface area contributed by atoms with E-state index in [2.05, 4.69) is 21.0 Å². The second kappa shape index (κ2) is 5.09. The summed E-state index contributed by atoms with van der Waals surface area (Å²) in [7, 11) is 0. The lowest BCUT2D eigenvalue weighted by atomic mass is 10.1. The average Bonchev–Trinajstić information content (AvgIpc) is 2.84. The van der Waals surface area contributed by atoms with Gasteiger partial charge in [0, 0.05) is 16.1 Å². The van der Waals surface area contributed by atoms with Crippen LogP contribution in [0.2, 0.25) is 0 Å². The zero-order chi connectivity index (χ0) is 14.1. The molecule has 0 aliphatic carbocycles. The molecular weight excluding hydrogens is 321 g/mol. The van der Waals surface area contributed by atoms with Crippen LogP contribution in [0.4, 0.5) is 10.2 Å². The number of halogens is 2. The van der Waals surface area contributed by atoms with Crippen LogP contribution in [0, 0.1) is 5.82 Å². The van der Waals surface area contributed by atoms with Crippen LogP contribution in [0.3, 0.4) is 0 Å². The molecule has 3 aromatic rings. The van der Waals surface area contributed by atoms with E-state index >= 15 is 0 Å². The molecule has 0 aliphatic rings. The Bertz CT molecular complexity index is 753. The summed E-state index contributed by atoms with van der Waals surface area (Å²) in [5, 5.41) is 4.45. The highest BCUT2D eigenvalue weighted by molar-refractivity contribution is 9.10. The van der Waals surface area contributed by atoms with Crippen molar-refractivity contribution in [1.29, 1.82) is 0 Å². The Labute approximate surface area is 124 Å². The molecule has 5 heteroatoms. The van der Waals surface area contributed by atoms with E-state index in [0.29, 0.717) is 17.1 Å². The molecule has 3 rings (SSSR count). The number of hydrogen-bond acceptors (Lipinski definition) is 2. The van der Waals surface area contributed by atoms with Crippen LogP contribution in [0.15, 0.2) is 59.1 Å². The third kappa shape index (κ3) is 2.32. The third-order valence-electron chi connectivity index (χ3n) is 2.94. The van der Waals surface area contributed by atoms with Gasteiger partial charge in [-0.2, -0.15) is 5.10 Å². The van der Waals surface area contributed by atoms with Crippen LogP contribution in [0.1, 0.15) is 0 Å². The van der Waals surface area contributed by atoms with E-state index in [-0.39, 0.29) is 5.82 Å². The highest BCUT2D eigenvalue weighted by atomic mass is 79.9. The van der Waals surface area contributed by atoms with Gasteiger partial charge >= 0.3 is 0 Å². The van der Waals surface area contributed by atoms with Crippen LogP contribution < -0.4 is 5.73 Å². The zero-order valence-corrected chi connectivity index (χ0v) is 12.0. The first kappa shape index (κ1) is 12.9. The van der Waals surface area contributed by atoms with Gasteiger partial charge in [0.15, 0.2) is 0 Å². The van der Waals surface area contributed by atoms with E-state index in [1.807, 2.05) is 30.3 Å². The number of nitrogen functional groups attached to an aromatic ring is 1. The lowest BCUT2D eigenvalue weighted by Crippen LogP contribution is -2.01. The first-order chi connectivity index (χ1) is 9.65. The van der Waals surface area contributed by atoms with Crippen molar-refractivity contribution in [2.45, 2.75) is 0 Å². The molecule has 0 unspecified atom stereocenters. The molecule has 100 valence electrons. The molecule has 1 heterocycles. The first-order valence-electron chi connectivity index (χ1n) is 6.01. The standard InChI is InChI=1S/C15H11BrFN3/c16-13-7-6-10(17)8-12(13)14-9-15(18)20(19-14)11-4-2-1-3-5-11/h1-9H,18H2. The molecule has 0 saturated heterocycles. The molecule has 0 atom stereocenters. The summed E-state index contributed by atoms with van der Waals surface area (Å²) in [5.74, 6) is 0.193. The minimum atomic E-state index is -0.309. The van der Waals surface area contributed by atoms with Gasteiger partial charge in [0.25, 0.3) is 0 Å². The van der Waals surface area contributed by atoms with E-state index < -0.39 is 0 Å². The van der Waals surface area contributed by atoms with Crippen molar-refractivity contribution >= 4 is 21.7 Å². The molecule has 0 fully saturated rings. The van der Waals surface area contributed by atoms with Crippen LogP contribution >= 0.6 is 15.9 Å². The molecule has 20 heavy (non-hydrogen) atoms. The number of nitrogens with zero attached hydrogens (tertiary/aromatic N) is 2. The molecule has 2 aromatic carbocycles. The summed E-state index contributed by atoms with van der Waals surface area (Å²) in [6, 6.07) is 15.8. The van der Waals surface area contributed by atoms with Crippen molar-refractivity contribution in [3.63, 3.8) is 0 Å². The first-order valence-corrected chi connectivity index (χ1v) is 6.81. The van der Waals surface area contributed by atoms with Gasteiger partial charge in [0.05, 0.1) is 11.4 Å². The molecule has 2 N–H and O–H groups in total. The predicted octanol–water partition coefficient (Wildman–Crippen LogP) is 4.02. The fourth-order valence-electron chi connectivity index (χ4n) is 2.00. The second-order valence-electron chi connectivity index (χ2n) is 4.33. The maximum atomic E-state index is 13.4. The smallest absolute Gasteiger partial charge is 0.127 e. The fraction of sp³-hybridized carbons (Fsp3) is 0. The number of rotatable bonds is 2. The van der Waals surface area contributed by atoms with Crippen LogP contribution in [0.25, 0.3) is 16.9 Å². The molecule has 0 radical (unpaired) electrons. The van der Waals surface area contributed by atoms with Crippen molar-refractivity contribution in [3.8, 4) is 16.9 Å². The van der Waals surface area contributed by atoms with Crippen LogP contribution in [0.5, 0.6) is 0 Å². The number of anilines is 1. The predicted molar refractivity (Wildman–Crippen MR) is 81.1 cm³/mol. The van der Waals surface area contributed by atoms with Crippen molar-refractivity contribution in [2.75, 3.05) is 5.73 Å². The van der Waals surface area contributed by atoms with Gasteiger partial charge in [-0.25, -0.2) is 9.07 Å². The van der Waals surface area contributed by atoms with Crippen LogP contribution in [-0.4, -0.2) is 9.78 Å². The van der Waals surface area contributed by atoms with E-state index in [0.717, 1.165) is 10.2 Å². The number of nitrogens with two attached hydrogens (primary N) is 1. The number of benzene rings is 2. The Morgan fingerprint density at radius 3 is 2.55 bits per heavy atom. The van der Waals surface area contributed by atoms with Gasteiger partial charge in [-0.05, 0) is 30.3 Å². The Hall–Kier alpha value is -2.14. The Morgan fingerprint density at radius 1 is 1.05 bits per heavy atom. The lowest BCUT2D eigenvalue weighted by molar-refractivity contribution is 0.628.